The molecule has 2 unspecified atom stereocenters. The molecule has 18 heavy (non-hydrogen) atoms. The first kappa shape index (κ1) is 12.9. The second-order valence-electron chi connectivity index (χ2n) is 4.32. The van der Waals surface area contributed by atoms with Gasteiger partial charge in [-0.25, -0.2) is 4.39 Å². The predicted octanol–water partition coefficient (Wildman–Crippen LogP) is 0.443. The van der Waals surface area contributed by atoms with Crippen LogP contribution < -0.4 is 0 Å². The zero-order valence-electron chi connectivity index (χ0n) is 10.0. The molecule has 0 saturated carbocycles. The number of aliphatic hydroxyl groups excluding tert-OH is 1. The molecule has 0 spiro atoms. The summed E-state index contributed by atoms with van der Waals surface area (Å²) in [5, 5.41) is 9.09. The van der Waals surface area contributed by atoms with E-state index < -0.39 is 17.8 Å². The lowest BCUT2D eigenvalue weighted by Crippen LogP contribution is -2.50. The molecule has 1 aliphatic rings. The standard InChI is InChI=1S/C12H15FN2O3/c1-8-5-15(6-9(7-16)18-8)12(17)10-2-3-14-4-11(10)13/h2-4,8-9,16H,5-7H2,1H3. The molecule has 1 aliphatic heterocycles. The van der Waals surface area contributed by atoms with Gasteiger partial charge in [0, 0.05) is 19.3 Å². The highest BCUT2D eigenvalue weighted by Gasteiger charge is 2.29. The molecule has 1 aromatic rings. The first-order chi connectivity index (χ1) is 8.61. The average molecular weight is 254 g/mol. The number of hydrogen-bond donors (Lipinski definition) is 1. The first-order valence-electron chi connectivity index (χ1n) is 5.77. The fraction of sp³-hybridized carbons (Fsp3) is 0.500. The fourth-order valence-electron chi connectivity index (χ4n) is 2.03. The molecule has 0 aliphatic carbocycles. The van der Waals surface area contributed by atoms with Crippen molar-refractivity contribution in [2.24, 2.45) is 0 Å². The lowest BCUT2D eigenvalue weighted by Gasteiger charge is -2.36. The van der Waals surface area contributed by atoms with Crippen molar-refractivity contribution in [2.45, 2.75) is 19.1 Å². The van der Waals surface area contributed by atoms with Crippen LogP contribution in [0.4, 0.5) is 4.39 Å². The van der Waals surface area contributed by atoms with E-state index in [-0.39, 0.29) is 24.8 Å². The minimum atomic E-state index is -0.637. The summed E-state index contributed by atoms with van der Waals surface area (Å²) in [5.74, 6) is -1.04. The number of morpholine rings is 1. The van der Waals surface area contributed by atoms with Crippen LogP contribution in [0.3, 0.4) is 0 Å². The summed E-state index contributed by atoms with van der Waals surface area (Å²) in [6.07, 6.45) is 1.80. The van der Waals surface area contributed by atoms with E-state index in [1.54, 1.807) is 0 Å². The summed E-state index contributed by atoms with van der Waals surface area (Å²) < 4.78 is 18.9. The Kier molecular flexibility index (Phi) is 3.88. The second kappa shape index (κ2) is 5.41. The van der Waals surface area contributed by atoms with Crippen LogP contribution >= 0.6 is 0 Å². The van der Waals surface area contributed by atoms with Gasteiger partial charge in [-0.15, -0.1) is 0 Å². The van der Waals surface area contributed by atoms with E-state index >= 15 is 0 Å². The molecular weight excluding hydrogens is 239 g/mol. The quantitative estimate of drug-likeness (QED) is 0.832. The normalized spacial score (nSPS) is 24.1. The lowest BCUT2D eigenvalue weighted by atomic mass is 10.1. The Hall–Kier alpha value is -1.53. The zero-order chi connectivity index (χ0) is 13.1. The Balaban J connectivity index is 2.16. The van der Waals surface area contributed by atoms with Gasteiger partial charge in [-0.1, -0.05) is 0 Å². The molecule has 1 saturated heterocycles. The molecule has 0 bridgehead atoms. The van der Waals surface area contributed by atoms with Crippen LogP contribution in [0.15, 0.2) is 18.5 Å². The molecule has 1 amide bonds. The largest absolute Gasteiger partial charge is 0.394 e. The third kappa shape index (κ3) is 2.65. The zero-order valence-corrected chi connectivity index (χ0v) is 10.0. The maximum absolute atomic E-state index is 13.5. The van der Waals surface area contributed by atoms with Crippen molar-refractivity contribution in [1.82, 2.24) is 9.88 Å². The van der Waals surface area contributed by atoms with E-state index in [9.17, 15) is 9.18 Å². The van der Waals surface area contributed by atoms with E-state index in [2.05, 4.69) is 4.98 Å². The summed E-state index contributed by atoms with van der Waals surface area (Å²) in [7, 11) is 0. The topological polar surface area (TPSA) is 62.7 Å². The molecule has 1 N–H and O–H groups in total. The Morgan fingerprint density at radius 3 is 3.11 bits per heavy atom. The Bertz CT molecular complexity index is 441. The van der Waals surface area contributed by atoms with E-state index in [1.807, 2.05) is 6.92 Å². The number of aromatic nitrogens is 1. The van der Waals surface area contributed by atoms with Gasteiger partial charge < -0.3 is 14.7 Å². The summed E-state index contributed by atoms with van der Waals surface area (Å²) in [6, 6.07) is 1.35. The van der Waals surface area contributed by atoms with E-state index in [0.717, 1.165) is 6.20 Å². The van der Waals surface area contributed by atoms with Gasteiger partial charge in [0.2, 0.25) is 0 Å². The minimum absolute atomic E-state index is 0.00390. The van der Waals surface area contributed by atoms with Crippen molar-refractivity contribution in [2.75, 3.05) is 19.7 Å². The lowest BCUT2D eigenvalue weighted by molar-refractivity contribution is -0.0859. The second-order valence-corrected chi connectivity index (χ2v) is 4.32. The molecule has 2 rings (SSSR count). The molecule has 6 heteroatoms. The van der Waals surface area contributed by atoms with Crippen molar-refractivity contribution < 1.29 is 19.0 Å². The maximum Gasteiger partial charge on any atom is 0.257 e. The number of carbonyl (C=O) groups is 1. The molecule has 5 nitrogen and oxygen atoms in total. The Morgan fingerprint density at radius 1 is 1.67 bits per heavy atom. The number of amides is 1. The Morgan fingerprint density at radius 2 is 2.44 bits per heavy atom. The van der Waals surface area contributed by atoms with Crippen LogP contribution in [-0.2, 0) is 4.74 Å². The third-order valence-electron chi connectivity index (χ3n) is 2.82. The summed E-state index contributed by atoms with van der Waals surface area (Å²) in [6.45, 7) is 2.30. The molecule has 98 valence electrons. The van der Waals surface area contributed by atoms with Gasteiger partial charge in [0.25, 0.3) is 5.91 Å². The highest BCUT2D eigenvalue weighted by Crippen LogP contribution is 2.15. The highest BCUT2D eigenvalue weighted by molar-refractivity contribution is 5.94. The van der Waals surface area contributed by atoms with Gasteiger partial charge in [-0.2, -0.15) is 0 Å². The van der Waals surface area contributed by atoms with E-state index in [0.29, 0.717) is 6.54 Å². The van der Waals surface area contributed by atoms with Gasteiger partial charge >= 0.3 is 0 Å². The molecular formula is C12H15FN2O3. The van der Waals surface area contributed by atoms with Crippen LogP contribution in [0.25, 0.3) is 0 Å². The number of nitrogens with zero attached hydrogens (tertiary/aromatic N) is 2. The van der Waals surface area contributed by atoms with Crippen LogP contribution in [0, 0.1) is 5.82 Å². The van der Waals surface area contributed by atoms with E-state index in [4.69, 9.17) is 9.84 Å². The van der Waals surface area contributed by atoms with Crippen LogP contribution in [0.5, 0.6) is 0 Å². The molecule has 0 radical (unpaired) electrons. The molecule has 1 aromatic heterocycles. The number of halogens is 1. The summed E-state index contributed by atoms with van der Waals surface area (Å²) in [5.41, 5.74) is -0.00390. The maximum atomic E-state index is 13.5. The number of ether oxygens (including phenoxy) is 1. The van der Waals surface area contributed by atoms with Crippen molar-refractivity contribution in [1.29, 1.82) is 0 Å². The monoisotopic (exact) mass is 254 g/mol. The van der Waals surface area contributed by atoms with Crippen molar-refractivity contribution in [3.8, 4) is 0 Å². The number of carbonyl (C=O) groups excluding carboxylic acids is 1. The van der Waals surface area contributed by atoms with Crippen molar-refractivity contribution in [3.05, 3.63) is 29.8 Å². The number of aliphatic hydroxyl groups is 1. The number of rotatable bonds is 2. The highest BCUT2D eigenvalue weighted by atomic mass is 19.1. The number of hydrogen-bond acceptors (Lipinski definition) is 4. The van der Waals surface area contributed by atoms with Gasteiger partial charge in [0.05, 0.1) is 30.6 Å². The molecule has 2 atom stereocenters. The average Bonchev–Trinajstić information content (AvgIpc) is 2.37. The smallest absolute Gasteiger partial charge is 0.257 e. The van der Waals surface area contributed by atoms with Gasteiger partial charge in [-0.3, -0.25) is 9.78 Å². The third-order valence-corrected chi connectivity index (χ3v) is 2.82. The van der Waals surface area contributed by atoms with Gasteiger partial charge in [-0.05, 0) is 13.0 Å². The SMILES string of the molecule is CC1CN(C(=O)c2ccncc2F)CC(CO)O1. The fourth-order valence-corrected chi connectivity index (χ4v) is 2.03. The Labute approximate surface area is 104 Å². The predicted molar refractivity (Wildman–Crippen MR) is 61.5 cm³/mol. The van der Waals surface area contributed by atoms with Crippen molar-refractivity contribution in [3.63, 3.8) is 0 Å². The molecule has 0 aromatic carbocycles. The van der Waals surface area contributed by atoms with E-state index in [1.165, 1.54) is 17.2 Å². The van der Waals surface area contributed by atoms with Gasteiger partial charge in [0.15, 0.2) is 5.82 Å². The minimum Gasteiger partial charge on any atom is -0.394 e. The van der Waals surface area contributed by atoms with Crippen LogP contribution in [0.1, 0.15) is 17.3 Å². The van der Waals surface area contributed by atoms with Crippen LogP contribution in [-0.4, -0.2) is 52.8 Å². The molecule has 1 fully saturated rings. The van der Waals surface area contributed by atoms with Crippen molar-refractivity contribution >= 4 is 5.91 Å². The van der Waals surface area contributed by atoms with Gasteiger partial charge in [0.1, 0.15) is 0 Å². The summed E-state index contributed by atoms with van der Waals surface area (Å²) in [4.78, 5) is 17.3. The molecule has 2 heterocycles. The first-order valence-corrected chi connectivity index (χ1v) is 5.77. The summed E-state index contributed by atoms with van der Waals surface area (Å²) >= 11 is 0. The van der Waals surface area contributed by atoms with Crippen LogP contribution in [0.2, 0.25) is 0 Å². The number of pyridine rings is 1.